The maximum Gasteiger partial charge on any atom is 0.322 e. The van der Waals surface area contributed by atoms with Crippen molar-refractivity contribution in [2.45, 2.75) is 18.9 Å². The van der Waals surface area contributed by atoms with Crippen molar-refractivity contribution in [3.8, 4) is 0 Å². The van der Waals surface area contributed by atoms with E-state index in [-0.39, 0.29) is 6.04 Å². The molecular weight excluding hydrogens is 322 g/mol. The first kappa shape index (κ1) is 15.7. The topological polar surface area (TPSA) is 32.3 Å². The number of benzene rings is 2. The smallest absolute Gasteiger partial charge is 0.317 e. The number of nitrogens with zero attached hydrogens (tertiary/aromatic N) is 1. The maximum absolute atomic E-state index is 13.7. The molecule has 0 aliphatic carbocycles. The molecule has 1 atom stereocenters. The molecule has 1 heterocycles. The second-order valence-corrected chi connectivity index (χ2v) is 5.81. The number of rotatable bonds is 2. The van der Waals surface area contributed by atoms with Gasteiger partial charge >= 0.3 is 6.03 Å². The molecule has 1 fully saturated rings. The number of carbonyl (C=O) groups is 1. The van der Waals surface area contributed by atoms with Crippen LogP contribution in [0.15, 0.2) is 42.5 Å². The van der Waals surface area contributed by atoms with E-state index >= 15 is 0 Å². The molecule has 1 aliphatic heterocycles. The number of hydrogen-bond acceptors (Lipinski definition) is 1. The van der Waals surface area contributed by atoms with Crippen LogP contribution in [0, 0.1) is 11.6 Å². The summed E-state index contributed by atoms with van der Waals surface area (Å²) in [6, 6.07) is 10.0. The Morgan fingerprint density at radius 3 is 2.52 bits per heavy atom. The van der Waals surface area contributed by atoms with Gasteiger partial charge in [0.25, 0.3) is 0 Å². The molecule has 6 heteroatoms. The average Bonchev–Trinajstić information content (AvgIpc) is 3.01. The molecule has 1 aliphatic rings. The van der Waals surface area contributed by atoms with Gasteiger partial charge in [-0.3, -0.25) is 0 Å². The van der Waals surface area contributed by atoms with E-state index in [1.807, 2.05) is 18.2 Å². The van der Waals surface area contributed by atoms with E-state index in [2.05, 4.69) is 5.32 Å². The van der Waals surface area contributed by atoms with Gasteiger partial charge in [0.15, 0.2) is 0 Å². The molecule has 2 aromatic rings. The Hall–Kier alpha value is -2.14. The first-order chi connectivity index (χ1) is 11.1. The molecule has 3 nitrogen and oxygen atoms in total. The van der Waals surface area contributed by atoms with Crippen molar-refractivity contribution >= 4 is 23.3 Å². The summed E-state index contributed by atoms with van der Waals surface area (Å²) in [6.45, 7) is 0.512. The standard InChI is InChI=1S/C17H15ClF2N2O/c18-12-6-2-1-5-11(12)15-9-4-10-22(15)17(23)21-16-13(19)7-3-8-14(16)20/h1-3,5-8,15H,4,9-10H2,(H,21,23). The van der Waals surface area contributed by atoms with Crippen LogP contribution in [0.25, 0.3) is 0 Å². The molecule has 1 saturated heterocycles. The molecule has 0 saturated carbocycles. The number of urea groups is 1. The highest BCUT2D eigenvalue weighted by molar-refractivity contribution is 6.31. The lowest BCUT2D eigenvalue weighted by atomic mass is 10.0. The summed E-state index contributed by atoms with van der Waals surface area (Å²) in [5, 5.41) is 2.91. The van der Waals surface area contributed by atoms with Crippen molar-refractivity contribution in [2.75, 3.05) is 11.9 Å². The van der Waals surface area contributed by atoms with E-state index in [4.69, 9.17) is 11.6 Å². The van der Waals surface area contributed by atoms with Crippen molar-refractivity contribution in [1.29, 1.82) is 0 Å². The van der Waals surface area contributed by atoms with Crippen molar-refractivity contribution in [3.63, 3.8) is 0 Å². The molecule has 3 rings (SSSR count). The second kappa shape index (κ2) is 6.54. The molecule has 2 aromatic carbocycles. The molecule has 0 radical (unpaired) electrons. The van der Waals surface area contributed by atoms with E-state index in [0.29, 0.717) is 11.6 Å². The highest BCUT2D eigenvalue weighted by atomic mass is 35.5. The molecule has 0 spiro atoms. The van der Waals surface area contributed by atoms with Gasteiger partial charge in [-0.1, -0.05) is 35.9 Å². The monoisotopic (exact) mass is 336 g/mol. The Balaban J connectivity index is 1.83. The van der Waals surface area contributed by atoms with Gasteiger partial charge in [0.2, 0.25) is 0 Å². The Morgan fingerprint density at radius 1 is 1.13 bits per heavy atom. The fourth-order valence-electron chi connectivity index (χ4n) is 2.87. The van der Waals surface area contributed by atoms with E-state index in [9.17, 15) is 13.6 Å². The van der Waals surface area contributed by atoms with Crippen LogP contribution in [-0.4, -0.2) is 17.5 Å². The van der Waals surface area contributed by atoms with Gasteiger partial charge in [-0.15, -0.1) is 0 Å². The Morgan fingerprint density at radius 2 is 1.83 bits per heavy atom. The first-order valence-electron chi connectivity index (χ1n) is 7.34. The van der Waals surface area contributed by atoms with Gasteiger partial charge in [-0.2, -0.15) is 0 Å². The second-order valence-electron chi connectivity index (χ2n) is 5.40. The number of amides is 2. The van der Waals surface area contributed by atoms with Crippen LogP contribution >= 0.6 is 11.6 Å². The summed E-state index contributed by atoms with van der Waals surface area (Å²) >= 11 is 6.21. The molecular formula is C17H15ClF2N2O. The van der Waals surface area contributed by atoms with Crippen LogP contribution < -0.4 is 5.32 Å². The normalized spacial score (nSPS) is 17.3. The van der Waals surface area contributed by atoms with Crippen LogP contribution in [0.3, 0.4) is 0 Å². The SMILES string of the molecule is O=C(Nc1c(F)cccc1F)N1CCCC1c1ccccc1Cl. The van der Waals surface area contributed by atoms with E-state index in [0.717, 1.165) is 30.5 Å². The van der Waals surface area contributed by atoms with E-state index in [1.165, 1.54) is 6.07 Å². The average molecular weight is 337 g/mol. The van der Waals surface area contributed by atoms with Gasteiger partial charge in [0.05, 0.1) is 6.04 Å². The fraction of sp³-hybridized carbons (Fsp3) is 0.235. The van der Waals surface area contributed by atoms with Crippen LogP contribution in [0.5, 0.6) is 0 Å². The van der Waals surface area contributed by atoms with Crippen LogP contribution in [0.2, 0.25) is 5.02 Å². The molecule has 1 unspecified atom stereocenters. The summed E-state index contributed by atoms with van der Waals surface area (Å²) in [5.41, 5.74) is 0.415. The highest BCUT2D eigenvalue weighted by Gasteiger charge is 2.31. The van der Waals surface area contributed by atoms with Gasteiger partial charge in [0, 0.05) is 11.6 Å². The number of para-hydroxylation sites is 1. The summed E-state index contributed by atoms with van der Waals surface area (Å²) in [7, 11) is 0. The molecule has 120 valence electrons. The quantitative estimate of drug-likeness (QED) is 0.823. The third-order valence-electron chi connectivity index (χ3n) is 3.97. The lowest BCUT2D eigenvalue weighted by molar-refractivity contribution is 0.207. The van der Waals surface area contributed by atoms with Gasteiger partial charge in [0.1, 0.15) is 17.3 Å². The van der Waals surface area contributed by atoms with Crippen molar-refractivity contribution in [3.05, 3.63) is 64.7 Å². The number of halogens is 3. The Labute approximate surface area is 137 Å². The summed E-state index contributed by atoms with van der Waals surface area (Å²) < 4.78 is 27.4. The molecule has 0 aromatic heterocycles. The van der Waals surface area contributed by atoms with E-state index < -0.39 is 23.4 Å². The molecule has 2 amide bonds. The van der Waals surface area contributed by atoms with Crippen LogP contribution in [0.4, 0.5) is 19.3 Å². The molecule has 0 bridgehead atoms. The number of nitrogens with one attached hydrogen (secondary N) is 1. The van der Waals surface area contributed by atoms with Crippen molar-refractivity contribution in [2.24, 2.45) is 0 Å². The third kappa shape index (κ3) is 3.15. The van der Waals surface area contributed by atoms with Crippen LogP contribution in [0.1, 0.15) is 24.4 Å². The first-order valence-corrected chi connectivity index (χ1v) is 7.72. The van der Waals surface area contributed by atoms with Crippen molar-refractivity contribution < 1.29 is 13.6 Å². The largest absolute Gasteiger partial charge is 0.322 e. The van der Waals surface area contributed by atoms with Crippen molar-refractivity contribution in [1.82, 2.24) is 4.90 Å². The minimum atomic E-state index is -0.799. The molecule has 1 N–H and O–H groups in total. The van der Waals surface area contributed by atoms with Gasteiger partial charge < -0.3 is 10.2 Å². The highest BCUT2D eigenvalue weighted by Crippen LogP contribution is 2.36. The summed E-state index contributed by atoms with van der Waals surface area (Å²) in [6.07, 6.45) is 1.57. The zero-order chi connectivity index (χ0) is 16.4. The number of hydrogen-bond donors (Lipinski definition) is 1. The Bertz CT molecular complexity index is 718. The minimum Gasteiger partial charge on any atom is -0.317 e. The number of likely N-dealkylation sites (tertiary alicyclic amines) is 1. The minimum absolute atomic E-state index is 0.196. The summed E-state index contributed by atoms with van der Waals surface area (Å²) in [5.74, 6) is -1.60. The zero-order valence-corrected chi connectivity index (χ0v) is 13.0. The number of anilines is 1. The predicted octanol–water partition coefficient (Wildman–Crippen LogP) is 4.99. The lowest BCUT2D eigenvalue weighted by Gasteiger charge is -2.26. The summed E-state index contributed by atoms with van der Waals surface area (Å²) in [4.78, 5) is 14.0. The third-order valence-corrected chi connectivity index (χ3v) is 4.32. The van der Waals surface area contributed by atoms with Gasteiger partial charge in [-0.05, 0) is 36.6 Å². The predicted molar refractivity (Wildman–Crippen MR) is 85.5 cm³/mol. The zero-order valence-electron chi connectivity index (χ0n) is 12.2. The lowest BCUT2D eigenvalue weighted by Crippen LogP contribution is -2.35. The van der Waals surface area contributed by atoms with E-state index in [1.54, 1.807) is 11.0 Å². The fourth-order valence-corrected chi connectivity index (χ4v) is 3.14. The molecule has 23 heavy (non-hydrogen) atoms. The maximum atomic E-state index is 13.7. The van der Waals surface area contributed by atoms with Gasteiger partial charge in [-0.25, -0.2) is 13.6 Å². The van der Waals surface area contributed by atoms with Crippen LogP contribution in [-0.2, 0) is 0 Å². The Kier molecular flexibility index (Phi) is 4.48. The number of carbonyl (C=O) groups excluding carboxylic acids is 1.